The van der Waals surface area contributed by atoms with Gasteiger partial charge in [0.15, 0.2) is 11.5 Å². The van der Waals surface area contributed by atoms with Gasteiger partial charge in [0, 0.05) is 0 Å². The van der Waals surface area contributed by atoms with E-state index in [4.69, 9.17) is 15.2 Å². The highest BCUT2D eigenvalue weighted by Crippen LogP contribution is 2.37. The molecule has 1 aromatic rings. The second kappa shape index (κ2) is 5.58. The van der Waals surface area contributed by atoms with Gasteiger partial charge in [0.05, 0.1) is 36.8 Å². The zero-order chi connectivity index (χ0) is 13.9. The molecule has 1 aromatic carbocycles. The second-order valence-corrected chi connectivity index (χ2v) is 3.38. The lowest BCUT2D eigenvalue weighted by Crippen LogP contribution is -2.20. The molecule has 0 heterocycles. The monoisotopic (exact) mass is 262 g/mol. The zero-order valence-corrected chi connectivity index (χ0v) is 9.72. The van der Waals surface area contributed by atoms with Crippen molar-refractivity contribution in [1.82, 2.24) is 0 Å². The molecule has 0 saturated carbocycles. The maximum Gasteiger partial charge on any atom is 0.278 e. The SMILES string of the molecule is COc1cc([C@H](N)C(F)F)c([N+](=O)[O-])cc1OC. The molecular weight excluding hydrogens is 250 g/mol. The highest BCUT2D eigenvalue weighted by atomic mass is 19.3. The van der Waals surface area contributed by atoms with Crippen molar-refractivity contribution in [2.75, 3.05) is 14.2 Å². The molecule has 0 radical (unpaired) electrons. The van der Waals surface area contributed by atoms with Crippen LogP contribution in [0.15, 0.2) is 12.1 Å². The van der Waals surface area contributed by atoms with Crippen molar-refractivity contribution >= 4 is 5.69 Å². The lowest BCUT2D eigenvalue weighted by atomic mass is 10.0. The van der Waals surface area contributed by atoms with Crippen LogP contribution in [0.5, 0.6) is 11.5 Å². The van der Waals surface area contributed by atoms with Crippen LogP contribution in [0.1, 0.15) is 11.6 Å². The van der Waals surface area contributed by atoms with Crippen molar-refractivity contribution in [3.8, 4) is 11.5 Å². The number of alkyl halides is 2. The Hall–Kier alpha value is -1.96. The highest BCUT2D eigenvalue weighted by molar-refractivity contribution is 5.55. The smallest absolute Gasteiger partial charge is 0.278 e. The van der Waals surface area contributed by atoms with Gasteiger partial charge in [-0.3, -0.25) is 10.1 Å². The Bertz CT molecular complexity index is 454. The van der Waals surface area contributed by atoms with Gasteiger partial charge in [0.1, 0.15) is 0 Å². The van der Waals surface area contributed by atoms with Crippen LogP contribution in [0.25, 0.3) is 0 Å². The van der Waals surface area contributed by atoms with Crippen molar-refractivity contribution in [3.63, 3.8) is 0 Å². The summed E-state index contributed by atoms with van der Waals surface area (Å²) >= 11 is 0. The van der Waals surface area contributed by atoms with Gasteiger partial charge in [0.2, 0.25) is 0 Å². The Balaban J connectivity index is 3.42. The Labute approximate surface area is 101 Å². The van der Waals surface area contributed by atoms with E-state index >= 15 is 0 Å². The standard InChI is InChI=1S/C10H12F2N2O4/c1-17-7-3-5(9(13)10(11)12)6(14(15)16)4-8(7)18-2/h3-4,9-10H,13H2,1-2H3/t9-/m0/s1. The van der Waals surface area contributed by atoms with Crippen LogP contribution in [0.4, 0.5) is 14.5 Å². The molecule has 18 heavy (non-hydrogen) atoms. The van der Waals surface area contributed by atoms with Gasteiger partial charge in [-0.25, -0.2) is 8.78 Å². The summed E-state index contributed by atoms with van der Waals surface area (Å²) in [7, 11) is 2.58. The molecule has 0 saturated heterocycles. The highest BCUT2D eigenvalue weighted by Gasteiger charge is 2.28. The van der Waals surface area contributed by atoms with Crippen molar-refractivity contribution in [1.29, 1.82) is 0 Å². The third kappa shape index (κ3) is 2.65. The number of nitro benzene ring substituents is 1. The predicted molar refractivity (Wildman–Crippen MR) is 59.1 cm³/mol. The maximum absolute atomic E-state index is 12.6. The number of hydrogen-bond acceptors (Lipinski definition) is 5. The summed E-state index contributed by atoms with van der Waals surface area (Å²) in [6, 6.07) is 0.342. The first-order valence-electron chi connectivity index (χ1n) is 4.86. The number of benzene rings is 1. The van der Waals surface area contributed by atoms with Crippen LogP contribution in [-0.2, 0) is 0 Å². The number of ether oxygens (including phenoxy) is 2. The number of nitrogens with zero attached hydrogens (tertiary/aromatic N) is 1. The summed E-state index contributed by atoms with van der Waals surface area (Å²) in [6.45, 7) is 0. The molecule has 0 bridgehead atoms. The quantitative estimate of drug-likeness (QED) is 0.646. The normalized spacial score (nSPS) is 12.3. The number of rotatable bonds is 5. The predicted octanol–water partition coefficient (Wildman–Crippen LogP) is 1.88. The summed E-state index contributed by atoms with van der Waals surface area (Å²) in [4.78, 5) is 10.0. The van der Waals surface area contributed by atoms with Crippen molar-refractivity contribution in [3.05, 3.63) is 27.8 Å². The fourth-order valence-corrected chi connectivity index (χ4v) is 1.44. The molecular formula is C10H12F2N2O4. The average molecular weight is 262 g/mol. The van der Waals surface area contributed by atoms with Gasteiger partial charge in [-0.2, -0.15) is 0 Å². The Morgan fingerprint density at radius 3 is 2.17 bits per heavy atom. The fourth-order valence-electron chi connectivity index (χ4n) is 1.44. The van der Waals surface area contributed by atoms with Crippen LogP contribution >= 0.6 is 0 Å². The summed E-state index contributed by atoms with van der Waals surface area (Å²) in [6.07, 6.45) is -2.91. The van der Waals surface area contributed by atoms with Gasteiger partial charge in [-0.1, -0.05) is 0 Å². The molecule has 0 spiro atoms. The molecule has 1 atom stereocenters. The van der Waals surface area contributed by atoms with Crippen LogP contribution < -0.4 is 15.2 Å². The number of nitrogens with two attached hydrogens (primary N) is 1. The minimum absolute atomic E-state index is 0.0782. The zero-order valence-electron chi connectivity index (χ0n) is 9.72. The van der Waals surface area contributed by atoms with E-state index in [1.165, 1.54) is 14.2 Å². The minimum Gasteiger partial charge on any atom is -0.493 e. The molecule has 6 nitrogen and oxygen atoms in total. The van der Waals surface area contributed by atoms with Crippen molar-refractivity contribution in [2.45, 2.75) is 12.5 Å². The van der Waals surface area contributed by atoms with Gasteiger partial charge in [-0.15, -0.1) is 0 Å². The molecule has 0 unspecified atom stereocenters. The minimum atomic E-state index is -2.91. The third-order valence-electron chi connectivity index (χ3n) is 2.36. The largest absolute Gasteiger partial charge is 0.493 e. The number of nitro groups is 1. The molecule has 0 amide bonds. The molecule has 8 heteroatoms. The number of methoxy groups -OCH3 is 2. The van der Waals surface area contributed by atoms with E-state index in [0.29, 0.717) is 0 Å². The lowest BCUT2D eigenvalue weighted by Gasteiger charge is -2.14. The molecule has 2 N–H and O–H groups in total. The van der Waals surface area contributed by atoms with E-state index in [1.807, 2.05) is 0 Å². The third-order valence-corrected chi connectivity index (χ3v) is 2.36. The summed E-state index contributed by atoms with van der Waals surface area (Å²) in [5, 5.41) is 10.8. The van der Waals surface area contributed by atoms with E-state index in [0.717, 1.165) is 12.1 Å². The van der Waals surface area contributed by atoms with Gasteiger partial charge >= 0.3 is 0 Å². The Kier molecular flexibility index (Phi) is 4.38. The first-order chi connectivity index (χ1) is 8.42. The first kappa shape index (κ1) is 14.1. The van der Waals surface area contributed by atoms with E-state index in [2.05, 4.69) is 0 Å². The average Bonchev–Trinajstić information content (AvgIpc) is 2.35. The first-order valence-corrected chi connectivity index (χ1v) is 4.86. The second-order valence-electron chi connectivity index (χ2n) is 3.38. The van der Waals surface area contributed by atoms with Crippen LogP contribution in [0, 0.1) is 10.1 Å². The van der Waals surface area contributed by atoms with Crippen molar-refractivity contribution < 1.29 is 23.2 Å². The Morgan fingerprint density at radius 1 is 1.28 bits per heavy atom. The number of hydrogen-bond donors (Lipinski definition) is 1. The molecule has 0 fully saturated rings. The fraction of sp³-hybridized carbons (Fsp3) is 0.400. The number of halogens is 2. The van der Waals surface area contributed by atoms with E-state index in [-0.39, 0.29) is 17.1 Å². The summed E-state index contributed by atoms with van der Waals surface area (Å²) < 4.78 is 34.9. The Morgan fingerprint density at radius 2 is 1.78 bits per heavy atom. The van der Waals surface area contributed by atoms with Gasteiger partial charge in [-0.05, 0) is 6.07 Å². The van der Waals surface area contributed by atoms with Crippen LogP contribution in [0.2, 0.25) is 0 Å². The van der Waals surface area contributed by atoms with Crippen LogP contribution in [0.3, 0.4) is 0 Å². The summed E-state index contributed by atoms with van der Waals surface area (Å²) in [5.41, 5.74) is 4.41. The molecule has 0 aromatic heterocycles. The van der Waals surface area contributed by atoms with E-state index < -0.39 is 23.1 Å². The molecule has 1 rings (SSSR count). The van der Waals surface area contributed by atoms with Gasteiger partial charge < -0.3 is 15.2 Å². The molecule has 0 aliphatic heterocycles. The van der Waals surface area contributed by atoms with Crippen LogP contribution in [-0.4, -0.2) is 25.6 Å². The molecule has 0 aliphatic rings. The summed E-state index contributed by atoms with van der Waals surface area (Å²) in [5.74, 6) is 0.184. The van der Waals surface area contributed by atoms with E-state index in [1.54, 1.807) is 0 Å². The molecule has 0 aliphatic carbocycles. The van der Waals surface area contributed by atoms with Crippen molar-refractivity contribution in [2.24, 2.45) is 5.73 Å². The van der Waals surface area contributed by atoms with E-state index in [9.17, 15) is 18.9 Å². The maximum atomic E-state index is 12.6. The molecule has 100 valence electrons. The topological polar surface area (TPSA) is 87.6 Å². The lowest BCUT2D eigenvalue weighted by molar-refractivity contribution is -0.386. The van der Waals surface area contributed by atoms with Gasteiger partial charge in [0.25, 0.3) is 12.1 Å².